The minimum atomic E-state index is -0.467. The lowest BCUT2D eigenvalue weighted by molar-refractivity contribution is 0.0122. The van der Waals surface area contributed by atoms with Crippen molar-refractivity contribution in [2.45, 2.75) is 58.2 Å². The van der Waals surface area contributed by atoms with Gasteiger partial charge in [-0.1, -0.05) is 0 Å². The Kier molecular flexibility index (Phi) is 4.12. The highest BCUT2D eigenvalue weighted by molar-refractivity contribution is 6.28. The Bertz CT molecular complexity index is 582. The first-order chi connectivity index (χ1) is 10.7. The van der Waals surface area contributed by atoms with E-state index in [4.69, 9.17) is 16.3 Å². The molecule has 6 nitrogen and oxygen atoms in total. The number of carbonyl (C=O) groups excluding carboxylic acids is 1. The zero-order valence-electron chi connectivity index (χ0n) is 14.0. The van der Waals surface area contributed by atoms with E-state index >= 15 is 0 Å². The van der Waals surface area contributed by atoms with Gasteiger partial charge in [-0.15, -0.1) is 0 Å². The Balaban J connectivity index is 1.75. The van der Waals surface area contributed by atoms with E-state index in [9.17, 15) is 4.79 Å². The topological polar surface area (TPSA) is 58.6 Å². The summed E-state index contributed by atoms with van der Waals surface area (Å²) in [6.07, 6.45) is 1.79. The summed E-state index contributed by atoms with van der Waals surface area (Å²) in [7, 11) is 0. The number of hydrogen-bond acceptors (Lipinski definition) is 5. The van der Waals surface area contributed by atoms with E-state index in [1.54, 1.807) is 0 Å². The quantitative estimate of drug-likeness (QED) is 0.737. The van der Waals surface area contributed by atoms with Crippen LogP contribution >= 0.6 is 11.6 Å². The van der Waals surface area contributed by atoms with Crippen LogP contribution in [-0.2, 0) is 4.74 Å². The largest absolute Gasteiger partial charge is 0.444 e. The molecule has 1 aromatic heterocycles. The van der Waals surface area contributed by atoms with Crippen molar-refractivity contribution in [3.05, 3.63) is 17.0 Å². The number of nitrogens with zero attached hydrogens (tertiary/aromatic N) is 4. The van der Waals surface area contributed by atoms with Crippen molar-refractivity contribution in [3.8, 4) is 0 Å². The van der Waals surface area contributed by atoms with Gasteiger partial charge in [0.15, 0.2) is 0 Å². The lowest BCUT2D eigenvalue weighted by Gasteiger charge is -2.41. The van der Waals surface area contributed by atoms with E-state index in [1.807, 2.05) is 38.7 Å². The van der Waals surface area contributed by atoms with E-state index in [0.29, 0.717) is 0 Å². The minimum absolute atomic E-state index is 0.164. The van der Waals surface area contributed by atoms with E-state index in [-0.39, 0.29) is 23.5 Å². The predicted octanol–water partition coefficient (Wildman–Crippen LogP) is 3.03. The Morgan fingerprint density at radius 3 is 2.39 bits per heavy atom. The summed E-state index contributed by atoms with van der Waals surface area (Å²) < 4.78 is 5.56. The lowest BCUT2D eigenvalue weighted by Crippen LogP contribution is -2.57. The van der Waals surface area contributed by atoms with Crippen molar-refractivity contribution in [1.82, 2.24) is 14.9 Å². The number of carbonyl (C=O) groups is 1. The van der Waals surface area contributed by atoms with Gasteiger partial charge in [-0.3, -0.25) is 4.90 Å². The number of amides is 1. The third-order valence-electron chi connectivity index (χ3n) is 4.22. The molecule has 1 aromatic rings. The van der Waals surface area contributed by atoms with Gasteiger partial charge in [0.25, 0.3) is 0 Å². The van der Waals surface area contributed by atoms with Gasteiger partial charge in [-0.25, -0.2) is 14.8 Å². The second-order valence-corrected chi connectivity index (χ2v) is 7.65. The van der Waals surface area contributed by atoms with E-state index in [2.05, 4.69) is 14.9 Å². The third kappa shape index (κ3) is 3.52. The van der Waals surface area contributed by atoms with E-state index in [1.165, 1.54) is 0 Å². The summed E-state index contributed by atoms with van der Waals surface area (Å²) in [5.41, 5.74) is 0.382. The molecule has 1 amide bonds. The SMILES string of the molecule is Cc1cc(N2C[C@H]3CC[C@@H](C2)N3C(=O)OC(C)(C)C)nc(Cl)n1. The molecule has 2 atom stereocenters. The number of hydrogen-bond donors (Lipinski definition) is 0. The van der Waals surface area contributed by atoms with Gasteiger partial charge in [0.2, 0.25) is 5.28 Å². The highest BCUT2D eigenvalue weighted by Crippen LogP contribution is 2.33. The summed E-state index contributed by atoms with van der Waals surface area (Å²) in [5.74, 6) is 0.836. The maximum Gasteiger partial charge on any atom is 0.410 e. The van der Waals surface area contributed by atoms with Crippen LogP contribution in [0.15, 0.2) is 6.07 Å². The molecule has 0 aromatic carbocycles. The summed E-state index contributed by atoms with van der Waals surface area (Å²) in [5, 5.41) is 0.266. The summed E-state index contributed by atoms with van der Waals surface area (Å²) in [6.45, 7) is 9.10. The van der Waals surface area contributed by atoms with Crippen LogP contribution in [0.5, 0.6) is 0 Å². The standard InChI is InChI=1S/C16H23ClN4O2/c1-10-7-13(19-14(17)18-10)20-8-11-5-6-12(9-20)21(11)15(22)23-16(2,3)4/h7,11-12H,5-6,8-9H2,1-4H3/t11-,12+. The number of piperazine rings is 1. The van der Waals surface area contributed by atoms with Crippen LogP contribution in [0.3, 0.4) is 0 Å². The first kappa shape index (κ1) is 16.3. The fraction of sp³-hybridized carbons (Fsp3) is 0.688. The molecule has 2 bridgehead atoms. The summed E-state index contributed by atoms with van der Waals surface area (Å²) in [4.78, 5) is 25.0. The van der Waals surface area contributed by atoms with Gasteiger partial charge in [-0.05, 0) is 52.1 Å². The van der Waals surface area contributed by atoms with Crippen molar-refractivity contribution in [2.24, 2.45) is 0 Å². The molecule has 0 unspecified atom stereocenters. The fourth-order valence-corrected chi connectivity index (χ4v) is 3.60. The number of aromatic nitrogens is 2. The van der Waals surface area contributed by atoms with Crippen LogP contribution in [0.2, 0.25) is 5.28 Å². The zero-order chi connectivity index (χ0) is 16.8. The monoisotopic (exact) mass is 338 g/mol. The lowest BCUT2D eigenvalue weighted by atomic mass is 10.2. The molecule has 0 spiro atoms. The molecular weight excluding hydrogens is 316 g/mol. The third-order valence-corrected chi connectivity index (χ3v) is 4.39. The maximum absolute atomic E-state index is 12.5. The highest BCUT2D eigenvalue weighted by Gasteiger charge is 2.44. The molecular formula is C16H23ClN4O2. The normalized spacial score (nSPS) is 24.0. The van der Waals surface area contributed by atoms with Crippen molar-refractivity contribution in [2.75, 3.05) is 18.0 Å². The molecule has 0 aliphatic carbocycles. The van der Waals surface area contributed by atoms with Crippen molar-refractivity contribution in [1.29, 1.82) is 0 Å². The fourth-order valence-electron chi connectivity index (χ4n) is 3.38. The van der Waals surface area contributed by atoms with Crippen molar-refractivity contribution >= 4 is 23.5 Å². The molecule has 23 heavy (non-hydrogen) atoms. The molecule has 0 saturated carbocycles. The summed E-state index contributed by atoms with van der Waals surface area (Å²) >= 11 is 5.98. The second kappa shape index (κ2) is 5.82. The number of halogens is 1. The molecule has 0 radical (unpaired) electrons. The molecule has 2 fully saturated rings. The van der Waals surface area contributed by atoms with Crippen LogP contribution in [0, 0.1) is 6.92 Å². The number of rotatable bonds is 1. The van der Waals surface area contributed by atoms with E-state index in [0.717, 1.165) is 37.4 Å². The van der Waals surface area contributed by atoms with Gasteiger partial charge >= 0.3 is 6.09 Å². The number of anilines is 1. The Labute approximate surface area is 141 Å². The van der Waals surface area contributed by atoms with Gasteiger partial charge in [0.1, 0.15) is 11.4 Å². The average molecular weight is 339 g/mol. The maximum atomic E-state index is 12.5. The van der Waals surface area contributed by atoms with Gasteiger partial charge < -0.3 is 9.64 Å². The second-order valence-electron chi connectivity index (χ2n) is 7.31. The van der Waals surface area contributed by atoms with Gasteiger partial charge in [0, 0.05) is 24.8 Å². The van der Waals surface area contributed by atoms with Gasteiger partial charge in [-0.2, -0.15) is 0 Å². The number of ether oxygens (including phenoxy) is 1. The molecule has 126 valence electrons. The van der Waals surface area contributed by atoms with Crippen molar-refractivity contribution in [3.63, 3.8) is 0 Å². The minimum Gasteiger partial charge on any atom is -0.444 e. The summed E-state index contributed by atoms with van der Waals surface area (Å²) in [6, 6.07) is 2.27. The van der Waals surface area contributed by atoms with E-state index < -0.39 is 5.60 Å². The van der Waals surface area contributed by atoms with Crippen LogP contribution in [0.25, 0.3) is 0 Å². The smallest absolute Gasteiger partial charge is 0.410 e. The molecule has 3 heterocycles. The first-order valence-corrected chi connectivity index (χ1v) is 8.38. The molecule has 2 aliphatic heterocycles. The van der Waals surface area contributed by atoms with Crippen LogP contribution in [-0.4, -0.2) is 51.7 Å². The Morgan fingerprint density at radius 1 is 1.26 bits per heavy atom. The predicted molar refractivity (Wildman–Crippen MR) is 88.9 cm³/mol. The van der Waals surface area contributed by atoms with Crippen molar-refractivity contribution < 1.29 is 9.53 Å². The molecule has 2 saturated heterocycles. The number of fused-ring (bicyclic) bond motifs is 2. The average Bonchev–Trinajstić information content (AvgIpc) is 2.66. The highest BCUT2D eigenvalue weighted by atomic mass is 35.5. The zero-order valence-corrected chi connectivity index (χ0v) is 14.8. The molecule has 0 N–H and O–H groups in total. The van der Waals surface area contributed by atoms with Crippen LogP contribution in [0.4, 0.5) is 10.6 Å². The van der Waals surface area contributed by atoms with Crippen LogP contribution < -0.4 is 4.90 Å². The Morgan fingerprint density at radius 2 is 1.87 bits per heavy atom. The first-order valence-electron chi connectivity index (χ1n) is 8.00. The number of aryl methyl sites for hydroxylation is 1. The van der Waals surface area contributed by atoms with Gasteiger partial charge in [0.05, 0.1) is 12.1 Å². The molecule has 2 aliphatic rings. The molecule has 7 heteroatoms. The van der Waals surface area contributed by atoms with Crippen LogP contribution in [0.1, 0.15) is 39.3 Å². The molecule has 3 rings (SSSR count). The Hall–Kier alpha value is -1.56.